The highest BCUT2D eigenvalue weighted by molar-refractivity contribution is 5.28. The zero-order valence-electron chi connectivity index (χ0n) is 14.0. The molecule has 114 valence electrons. The van der Waals surface area contributed by atoms with Crippen molar-refractivity contribution in [3.05, 3.63) is 35.4 Å². The Labute approximate surface area is 124 Å². The van der Waals surface area contributed by atoms with E-state index in [1.165, 1.54) is 18.4 Å². The number of hydrogen-bond donors (Lipinski definition) is 1. The number of benzene rings is 1. The molecule has 20 heavy (non-hydrogen) atoms. The van der Waals surface area contributed by atoms with Gasteiger partial charge in [-0.1, -0.05) is 58.4 Å². The maximum atomic E-state index is 10.4. The maximum absolute atomic E-state index is 10.4. The van der Waals surface area contributed by atoms with Gasteiger partial charge in [-0.3, -0.25) is 0 Å². The third-order valence-corrected chi connectivity index (χ3v) is 4.08. The smallest absolute Gasteiger partial charge is 0.0916 e. The fourth-order valence-electron chi connectivity index (χ4n) is 2.40. The van der Waals surface area contributed by atoms with E-state index in [1.807, 2.05) is 0 Å². The van der Waals surface area contributed by atoms with Gasteiger partial charge in [0.1, 0.15) is 0 Å². The van der Waals surface area contributed by atoms with E-state index in [0.29, 0.717) is 12.6 Å². The van der Waals surface area contributed by atoms with Gasteiger partial charge in [0.05, 0.1) is 6.10 Å². The topological polar surface area (TPSA) is 23.5 Å². The van der Waals surface area contributed by atoms with Gasteiger partial charge in [0.25, 0.3) is 0 Å². The third-order valence-electron chi connectivity index (χ3n) is 4.08. The lowest BCUT2D eigenvalue weighted by molar-refractivity contribution is 0.106. The fraction of sp³-hybridized carbons (Fsp3) is 0.667. The Bertz CT molecular complexity index is 391. The van der Waals surface area contributed by atoms with Crippen molar-refractivity contribution in [1.82, 2.24) is 4.90 Å². The molecule has 0 aliphatic carbocycles. The van der Waals surface area contributed by atoms with Gasteiger partial charge in [-0.2, -0.15) is 0 Å². The number of rotatable bonds is 6. The molecule has 1 N–H and O–H groups in total. The molecule has 0 heterocycles. The fourth-order valence-corrected chi connectivity index (χ4v) is 2.40. The minimum atomic E-state index is -0.409. The Balaban J connectivity index is 2.66. The highest BCUT2D eigenvalue weighted by Crippen LogP contribution is 2.24. The van der Waals surface area contributed by atoms with Crippen LogP contribution < -0.4 is 0 Å². The zero-order valence-corrected chi connectivity index (χ0v) is 14.0. The predicted octanol–water partition coefficient (Wildman–Crippen LogP) is 4.14. The van der Waals surface area contributed by atoms with Gasteiger partial charge in [-0.05, 0) is 36.9 Å². The van der Waals surface area contributed by atoms with Gasteiger partial charge in [0, 0.05) is 12.6 Å². The van der Waals surface area contributed by atoms with E-state index in [1.54, 1.807) is 0 Å². The molecule has 1 aromatic rings. The molecule has 0 bridgehead atoms. The largest absolute Gasteiger partial charge is 0.387 e. The molecule has 2 atom stereocenters. The minimum absolute atomic E-state index is 0.163. The first kappa shape index (κ1) is 17.2. The summed E-state index contributed by atoms with van der Waals surface area (Å²) in [5.41, 5.74) is 2.48. The van der Waals surface area contributed by atoms with E-state index < -0.39 is 6.10 Å². The van der Waals surface area contributed by atoms with E-state index in [0.717, 1.165) is 5.56 Å². The molecule has 2 unspecified atom stereocenters. The summed E-state index contributed by atoms with van der Waals surface area (Å²) >= 11 is 0. The molecule has 0 saturated carbocycles. The normalized spacial score (nSPS) is 15.4. The van der Waals surface area contributed by atoms with Gasteiger partial charge >= 0.3 is 0 Å². The molecule has 0 aliphatic rings. The van der Waals surface area contributed by atoms with Crippen LogP contribution in [0.25, 0.3) is 0 Å². The zero-order chi connectivity index (χ0) is 15.3. The summed E-state index contributed by atoms with van der Waals surface area (Å²) < 4.78 is 0. The Morgan fingerprint density at radius 2 is 1.70 bits per heavy atom. The monoisotopic (exact) mass is 277 g/mol. The number of nitrogens with zero attached hydrogens (tertiary/aromatic N) is 1. The first-order valence-corrected chi connectivity index (χ1v) is 7.74. The predicted molar refractivity (Wildman–Crippen MR) is 87.1 cm³/mol. The molecule has 0 aliphatic heterocycles. The molecule has 0 spiro atoms. The molecule has 1 aromatic carbocycles. The van der Waals surface area contributed by atoms with Crippen molar-refractivity contribution in [1.29, 1.82) is 0 Å². The molecule has 1 rings (SSSR count). The van der Waals surface area contributed by atoms with E-state index in [2.05, 4.69) is 70.8 Å². The second-order valence-electron chi connectivity index (χ2n) is 6.97. The molecule has 0 fully saturated rings. The Hall–Kier alpha value is -0.860. The summed E-state index contributed by atoms with van der Waals surface area (Å²) in [5, 5.41) is 10.4. The Kier molecular flexibility index (Phi) is 6.22. The minimum Gasteiger partial charge on any atom is -0.387 e. The second-order valence-corrected chi connectivity index (χ2v) is 6.97. The van der Waals surface area contributed by atoms with Crippen molar-refractivity contribution < 1.29 is 5.11 Å². The lowest BCUT2D eigenvalue weighted by atomic mass is 9.86. The molecule has 0 saturated heterocycles. The number of aliphatic hydroxyl groups is 1. The van der Waals surface area contributed by atoms with E-state index in [4.69, 9.17) is 0 Å². The summed E-state index contributed by atoms with van der Waals surface area (Å²) in [5.74, 6) is 0. The van der Waals surface area contributed by atoms with Gasteiger partial charge in [-0.25, -0.2) is 0 Å². The second kappa shape index (κ2) is 7.24. The quantitative estimate of drug-likeness (QED) is 0.845. The van der Waals surface area contributed by atoms with Crippen LogP contribution in [0.2, 0.25) is 0 Å². The van der Waals surface area contributed by atoms with E-state index in [9.17, 15) is 5.11 Å². The van der Waals surface area contributed by atoms with Crippen molar-refractivity contribution >= 4 is 0 Å². The lowest BCUT2D eigenvalue weighted by Gasteiger charge is -2.27. The van der Waals surface area contributed by atoms with Crippen molar-refractivity contribution in [3.63, 3.8) is 0 Å². The van der Waals surface area contributed by atoms with Crippen LogP contribution in [0.5, 0.6) is 0 Å². The summed E-state index contributed by atoms with van der Waals surface area (Å²) in [6.45, 7) is 11.7. The molecule has 0 amide bonds. The lowest BCUT2D eigenvalue weighted by Crippen LogP contribution is -2.32. The van der Waals surface area contributed by atoms with Gasteiger partial charge in [-0.15, -0.1) is 0 Å². The highest BCUT2D eigenvalue weighted by atomic mass is 16.3. The van der Waals surface area contributed by atoms with Crippen molar-refractivity contribution in [2.75, 3.05) is 13.6 Å². The van der Waals surface area contributed by atoms with Crippen molar-refractivity contribution in [3.8, 4) is 0 Å². The van der Waals surface area contributed by atoms with E-state index >= 15 is 0 Å². The van der Waals surface area contributed by atoms with Gasteiger partial charge in [0.15, 0.2) is 0 Å². The SMILES string of the molecule is CCCC(C)N(C)CC(O)c1ccc(C(C)(C)C)cc1. The summed E-state index contributed by atoms with van der Waals surface area (Å²) in [4.78, 5) is 2.24. The molecular weight excluding hydrogens is 246 g/mol. The summed E-state index contributed by atoms with van der Waals surface area (Å²) in [6.07, 6.45) is 1.95. The van der Waals surface area contributed by atoms with Crippen LogP contribution >= 0.6 is 0 Å². The summed E-state index contributed by atoms with van der Waals surface area (Å²) in [6, 6.07) is 8.90. The van der Waals surface area contributed by atoms with Crippen LogP contribution in [0.15, 0.2) is 24.3 Å². The van der Waals surface area contributed by atoms with Crippen LogP contribution in [0.1, 0.15) is 64.7 Å². The van der Waals surface area contributed by atoms with Crippen LogP contribution in [-0.4, -0.2) is 29.6 Å². The van der Waals surface area contributed by atoms with Crippen LogP contribution in [0.4, 0.5) is 0 Å². The molecule has 2 heteroatoms. The first-order chi connectivity index (χ1) is 9.25. The van der Waals surface area contributed by atoms with Gasteiger partial charge in [0.2, 0.25) is 0 Å². The average Bonchev–Trinajstić information content (AvgIpc) is 2.38. The first-order valence-electron chi connectivity index (χ1n) is 7.74. The van der Waals surface area contributed by atoms with Crippen LogP contribution in [-0.2, 0) is 5.41 Å². The Morgan fingerprint density at radius 3 is 2.15 bits per heavy atom. The summed E-state index contributed by atoms with van der Waals surface area (Å²) in [7, 11) is 2.09. The van der Waals surface area contributed by atoms with E-state index in [-0.39, 0.29) is 5.41 Å². The Morgan fingerprint density at radius 1 is 1.15 bits per heavy atom. The average molecular weight is 277 g/mol. The van der Waals surface area contributed by atoms with Crippen molar-refractivity contribution in [2.24, 2.45) is 0 Å². The molecule has 0 radical (unpaired) electrons. The highest BCUT2D eigenvalue weighted by Gasteiger charge is 2.17. The van der Waals surface area contributed by atoms with Crippen LogP contribution in [0.3, 0.4) is 0 Å². The number of likely N-dealkylation sites (N-methyl/N-ethyl adjacent to an activating group) is 1. The molecule has 0 aromatic heterocycles. The van der Waals surface area contributed by atoms with Crippen molar-refractivity contribution in [2.45, 2.75) is 65.0 Å². The third kappa shape index (κ3) is 4.92. The van der Waals surface area contributed by atoms with Gasteiger partial charge < -0.3 is 10.0 Å². The standard InChI is InChI=1S/C18H31NO/c1-7-8-14(2)19(6)13-17(20)15-9-11-16(12-10-15)18(3,4)5/h9-12,14,17,20H,7-8,13H2,1-6H3. The maximum Gasteiger partial charge on any atom is 0.0916 e. The van der Waals surface area contributed by atoms with Crippen LogP contribution in [0, 0.1) is 0 Å². The molecule has 2 nitrogen and oxygen atoms in total. The molecular formula is C18H31NO. The number of hydrogen-bond acceptors (Lipinski definition) is 2. The number of aliphatic hydroxyl groups excluding tert-OH is 1.